The van der Waals surface area contributed by atoms with Gasteiger partial charge in [-0.05, 0) is 19.4 Å². The van der Waals surface area contributed by atoms with E-state index in [2.05, 4.69) is 16.9 Å². The van der Waals surface area contributed by atoms with Crippen LogP contribution >= 0.6 is 23.2 Å². The highest BCUT2D eigenvalue weighted by atomic mass is 35.5. The highest BCUT2D eigenvalue weighted by Crippen LogP contribution is 2.34. The van der Waals surface area contributed by atoms with E-state index in [4.69, 9.17) is 27.6 Å². The zero-order valence-corrected chi connectivity index (χ0v) is 13.3. The number of fused-ring (bicyclic) bond motifs is 1. The molecule has 0 bridgehead atoms. The monoisotopic (exact) mass is 320 g/mol. The van der Waals surface area contributed by atoms with Gasteiger partial charge in [0.25, 0.3) is 0 Å². The lowest BCUT2D eigenvalue weighted by atomic mass is 10.1. The van der Waals surface area contributed by atoms with E-state index in [9.17, 15) is 0 Å². The Hall–Kier alpha value is -1.58. The van der Waals surface area contributed by atoms with Crippen molar-refractivity contribution in [2.45, 2.75) is 26.7 Å². The van der Waals surface area contributed by atoms with Crippen LogP contribution in [-0.4, -0.2) is 9.97 Å². The Labute approximate surface area is 132 Å². The van der Waals surface area contributed by atoms with E-state index in [1.807, 2.05) is 31.2 Å². The third-order valence-corrected chi connectivity index (χ3v) is 4.03. The summed E-state index contributed by atoms with van der Waals surface area (Å²) in [5.41, 5.74) is 2.45. The van der Waals surface area contributed by atoms with Gasteiger partial charge in [-0.1, -0.05) is 54.7 Å². The molecule has 0 spiro atoms. The number of para-hydroxylation sites is 1. The van der Waals surface area contributed by atoms with Crippen LogP contribution < -0.4 is 0 Å². The minimum Gasteiger partial charge on any atom is -0.461 e. The molecule has 0 aliphatic carbocycles. The van der Waals surface area contributed by atoms with Crippen molar-refractivity contribution < 1.29 is 4.42 Å². The SMILES string of the molecule is CCCc1c(Cl)nc(-c2c(C)oc3ccccc23)nc1Cl. The number of rotatable bonds is 3. The molecule has 3 aromatic rings. The molecule has 3 nitrogen and oxygen atoms in total. The summed E-state index contributed by atoms with van der Waals surface area (Å²) in [5.74, 6) is 1.26. The van der Waals surface area contributed by atoms with Crippen LogP contribution in [0.2, 0.25) is 10.3 Å². The van der Waals surface area contributed by atoms with Gasteiger partial charge in [-0.25, -0.2) is 9.97 Å². The fourth-order valence-electron chi connectivity index (χ4n) is 2.44. The fraction of sp³-hybridized carbons (Fsp3) is 0.250. The molecule has 2 heterocycles. The van der Waals surface area contributed by atoms with Crippen LogP contribution in [0, 0.1) is 6.92 Å². The summed E-state index contributed by atoms with van der Waals surface area (Å²) >= 11 is 12.5. The summed E-state index contributed by atoms with van der Waals surface area (Å²) in [6.07, 6.45) is 1.71. The van der Waals surface area contributed by atoms with Gasteiger partial charge in [-0.15, -0.1) is 0 Å². The van der Waals surface area contributed by atoms with E-state index in [0.717, 1.165) is 40.7 Å². The van der Waals surface area contributed by atoms with E-state index >= 15 is 0 Å². The molecule has 0 aliphatic rings. The lowest BCUT2D eigenvalue weighted by Crippen LogP contribution is -1.98. The van der Waals surface area contributed by atoms with Gasteiger partial charge in [0.05, 0.1) is 5.56 Å². The van der Waals surface area contributed by atoms with Crippen LogP contribution in [-0.2, 0) is 6.42 Å². The zero-order valence-electron chi connectivity index (χ0n) is 11.8. The third kappa shape index (κ3) is 2.52. The third-order valence-electron chi connectivity index (χ3n) is 3.40. The molecular formula is C16H14Cl2N2O. The number of furan rings is 1. The second-order valence-corrected chi connectivity index (χ2v) is 5.60. The maximum absolute atomic E-state index is 6.27. The quantitative estimate of drug-likeness (QED) is 0.601. The summed E-state index contributed by atoms with van der Waals surface area (Å²) in [6, 6.07) is 7.78. The van der Waals surface area contributed by atoms with Crippen molar-refractivity contribution in [2.24, 2.45) is 0 Å². The molecule has 108 valence electrons. The van der Waals surface area contributed by atoms with Crippen LogP contribution in [0.5, 0.6) is 0 Å². The predicted octanol–water partition coefficient (Wildman–Crippen LogP) is 5.46. The van der Waals surface area contributed by atoms with Gasteiger partial charge >= 0.3 is 0 Å². The normalized spacial score (nSPS) is 11.2. The summed E-state index contributed by atoms with van der Waals surface area (Å²) in [6.45, 7) is 3.95. The minimum atomic E-state index is 0.413. The molecule has 2 aromatic heterocycles. The highest BCUT2D eigenvalue weighted by Gasteiger charge is 2.18. The molecule has 21 heavy (non-hydrogen) atoms. The zero-order chi connectivity index (χ0) is 15.0. The fourth-order valence-corrected chi connectivity index (χ4v) is 3.02. The van der Waals surface area contributed by atoms with Crippen LogP contribution in [0.1, 0.15) is 24.7 Å². The van der Waals surface area contributed by atoms with Crippen molar-refractivity contribution in [1.82, 2.24) is 9.97 Å². The minimum absolute atomic E-state index is 0.413. The topological polar surface area (TPSA) is 38.9 Å². The number of aromatic nitrogens is 2. The van der Waals surface area contributed by atoms with Gasteiger partial charge in [-0.3, -0.25) is 0 Å². The maximum atomic E-state index is 6.27. The summed E-state index contributed by atoms with van der Waals surface area (Å²) in [4.78, 5) is 8.83. The Bertz CT molecular complexity index is 788. The molecule has 0 atom stereocenters. The van der Waals surface area contributed by atoms with E-state index in [-0.39, 0.29) is 0 Å². The van der Waals surface area contributed by atoms with Gasteiger partial charge in [0.1, 0.15) is 21.6 Å². The predicted molar refractivity (Wildman–Crippen MR) is 86.0 cm³/mol. The van der Waals surface area contributed by atoms with Gasteiger partial charge < -0.3 is 4.42 Å². The first-order chi connectivity index (χ1) is 10.1. The van der Waals surface area contributed by atoms with Crippen LogP contribution in [0.25, 0.3) is 22.4 Å². The molecule has 0 unspecified atom stereocenters. The maximum Gasteiger partial charge on any atom is 0.166 e. The Morgan fingerprint density at radius 3 is 2.43 bits per heavy atom. The lowest BCUT2D eigenvalue weighted by Gasteiger charge is -2.07. The molecule has 0 saturated heterocycles. The molecule has 0 saturated carbocycles. The van der Waals surface area contributed by atoms with Gasteiger partial charge in [0, 0.05) is 10.9 Å². The van der Waals surface area contributed by atoms with Crippen molar-refractivity contribution in [3.63, 3.8) is 0 Å². The van der Waals surface area contributed by atoms with E-state index in [0.29, 0.717) is 16.1 Å². The lowest BCUT2D eigenvalue weighted by molar-refractivity contribution is 0.579. The number of benzene rings is 1. The summed E-state index contributed by atoms with van der Waals surface area (Å²) < 4.78 is 5.74. The Morgan fingerprint density at radius 1 is 1.10 bits per heavy atom. The molecule has 1 aromatic carbocycles. The van der Waals surface area contributed by atoms with Crippen molar-refractivity contribution in [2.75, 3.05) is 0 Å². The van der Waals surface area contributed by atoms with Gasteiger partial charge in [-0.2, -0.15) is 0 Å². The summed E-state index contributed by atoms with van der Waals surface area (Å²) in [7, 11) is 0. The average Bonchev–Trinajstić information content (AvgIpc) is 2.78. The van der Waals surface area contributed by atoms with Crippen LogP contribution in [0.4, 0.5) is 0 Å². The van der Waals surface area contributed by atoms with E-state index < -0.39 is 0 Å². The highest BCUT2D eigenvalue weighted by molar-refractivity contribution is 6.34. The van der Waals surface area contributed by atoms with Gasteiger partial charge in [0.15, 0.2) is 5.82 Å². The number of nitrogens with zero attached hydrogens (tertiary/aromatic N) is 2. The summed E-state index contributed by atoms with van der Waals surface area (Å²) in [5, 5.41) is 1.79. The Kier molecular flexibility index (Phi) is 3.87. The molecule has 0 amide bonds. The number of aryl methyl sites for hydroxylation is 1. The van der Waals surface area contributed by atoms with Crippen LogP contribution in [0.15, 0.2) is 28.7 Å². The molecule has 3 rings (SSSR count). The second kappa shape index (κ2) is 5.66. The number of hydrogen-bond donors (Lipinski definition) is 0. The number of halogens is 2. The smallest absolute Gasteiger partial charge is 0.166 e. The van der Waals surface area contributed by atoms with Crippen molar-refractivity contribution in [3.05, 3.63) is 45.9 Å². The molecular weight excluding hydrogens is 307 g/mol. The van der Waals surface area contributed by atoms with Crippen molar-refractivity contribution >= 4 is 34.2 Å². The molecule has 0 N–H and O–H groups in total. The molecule has 0 fully saturated rings. The van der Waals surface area contributed by atoms with E-state index in [1.54, 1.807) is 0 Å². The first-order valence-corrected chi connectivity index (χ1v) is 7.57. The first-order valence-electron chi connectivity index (χ1n) is 6.82. The molecule has 0 aliphatic heterocycles. The Morgan fingerprint density at radius 2 is 1.76 bits per heavy atom. The molecule has 5 heteroatoms. The average molecular weight is 321 g/mol. The first kappa shape index (κ1) is 14.4. The second-order valence-electron chi connectivity index (χ2n) is 4.89. The van der Waals surface area contributed by atoms with Crippen molar-refractivity contribution in [3.8, 4) is 11.4 Å². The van der Waals surface area contributed by atoms with E-state index in [1.165, 1.54) is 0 Å². The molecule has 0 radical (unpaired) electrons. The Balaban J connectivity index is 2.22. The largest absolute Gasteiger partial charge is 0.461 e. The van der Waals surface area contributed by atoms with Crippen LogP contribution in [0.3, 0.4) is 0 Å². The van der Waals surface area contributed by atoms with Crippen molar-refractivity contribution in [1.29, 1.82) is 0 Å². The van der Waals surface area contributed by atoms with Gasteiger partial charge in [0.2, 0.25) is 0 Å². The number of hydrogen-bond acceptors (Lipinski definition) is 3. The standard InChI is InChI=1S/C16H14Cl2N2O/c1-3-6-11-14(17)19-16(20-15(11)18)13-9(2)21-12-8-5-4-7-10(12)13/h4-5,7-8H,3,6H2,1-2H3.